The van der Waals surface area contributed by atoms with E-state index in [-0.39, 0.29) is 0 Å². The second kappa shape index (κ2) is 5.58. The van der Waals surface area contributed by atoms with E-state index in [1.54, 1.807) is 18.0 Å². The molecule has 21 heavy (non-hydrogen) atoms. The lowest BCUT2D eigenvalue weighted by molar-refractivity contribution is 0.164. The molecule has 4 heteroatoms. The normalized spacial score (nSPS) is 12.5. The number of aromatic nitrogens is 2. The van der Waals surface area contributed by atoms with E-state index in [4.69, 9.17) is 4.74 Å². The molecule has 1 aromatic heterocycles. The molecule has 0 amide bonds. The van der Waals surface area contributed by atoms with Crippen molar-refractivity contribution in [3.05, 3.63) is 59.9 Å². The molecular formula is C17H18N2O2. The zero-order valence-corrected chi connectivity index (χ0v) is 12.2. The largest absolute Gasteiger partial charge is 0.493 e. The number of benzene rings is 2. The summed E-state index contributed by atoms with van der Waals surface area (Å²) in [6, 6.07) is 14.3. The van der Waals surface area contributed by atoms with Gasteiger partial charge in [0.25, 0.3) is 0 Å². The maximum atomic E-state index is 10.6. The van der Waals surface area contributed by atoms with Gasteiger partial charge in [-0.1, -0.05) is 42.5 Å². The fourth-order valence-corrected chi connectivity index (χ4v) is 2.74. The molecule has 1 heterocycles. The molecule has 0 aliphatic rings. The SMILES string of the molecule is COc1cnn(C)c1C(O)Cc1cccc2ccccc12. The van der Waals surface area contributed by atoms with Gasteiger partial charge >= 0.3 is 0 Å². The maximum Gasteiger partial charge on any atom is 0.162 e. The molecule has 1 atom stereocenters. The van der Waals surface area contributed by atoms with Crippen LogP contribution in [0.25, 0.3) is 10.8 Å². The van der Waals surface area contributed by atoms with Crippen molar-refractivity contribution in [2.75, 3.05) is 7.11 Å². The van der Waals surface area contributed by atoms with Gasteiger partial charge in [-0.15, -0.1) is 0 Å². The third kappa shape index (κ3) is 2.50. The Labute approximate surface area is 123 Å². The van der Waals surface area contributed by atoms with E-state index in [9.17, 15) is 5.11 Å². The highest BCUT2D eigenvalue weighted by Crippen LogP contribution is 2.29. The topological polar surface area (TPSA) is 47.3 Å². The average Bonchev–Trinajstić information content (AvgIpc) is 2.88. The molecule has 0 spiro atoms. The molecule has 0 saturated carbocycles. The van der Waals surface area contributed by atoms with E-state index in [0.29, 0.717) is 17.9 Å². The number of hydrogen-bond donors (Lipinski definition) is 1. The first-order chi connectivity index (χ1) is 10.2. The van der Waals surface area contributed by atoms with E-state index >= 15 is 0 Å². The molecule has 108 valence electrons. The molecule has 0 aliphatic carbocycles. The van der Waals surface area contributed by atoms with Gasteiger partial charge in [0.15, 0.2) is 5.75 Å². The molecule has 3 aromatic rings. The van der Waals surface area contributed by atoms with Crippen LogP contribution in [0.5, 0.6) is 5.75 Å². The van der Waals surface area contributed by atoms with Gasteiger partial charge in [0, 0.05) is 13.5 Å². The molecule has 0 bridgehead atoms. The Morgan fingerprint density at radius 1 is 1.19 bits per heavy atom. The molecule has 1 unspecified atom stereocenters. The summed E-state index contributed by atoms with van der Waals surface area (Å²) in [4.78, 5) is 0. The number of aliphatic hydroxyl groups excluding tert-OH is 1. The minimum Gasteiger partial charge on any atom is -0.493 e. The maximum absolute atomic E-state index is 10.6. The molecule has 0 saturated heterocycles. The molecule has 1 N–H and O–H groups in total. The lowest BCUT2D eigenvalue weighted by atomic mass is 9.98. The Morgan fingerprint density at radius 2 is 1.95 bits per heavy atom. The lowest BCUT2D eigenvalue weighted by Crippen LogP contribution is -2.09. The highest BCUT2D eigenvalue weighted by atomic mass is 16.5. The van der Waals surface area contributed by atoms with E-state index in [0.717, 1.165) is 5.56 Å². The molecule has 0 aliphatic heterocycles. The quantitative estimate of drug-likeness (QED) is 0.800. The first-order valence-corrected chi connectivity index (χ1v) is 6.91. The van der Waals surface area contributed by atoms with Crippen molar-refractivity contribution < 1.29 is 9.84 Å². The summed E-state index contributed by atoms with van der Waals surface area (Å²) in [7, 11) is 3.40. The van der Waals surface area contributed by atoms with Crippen LogP contribution in [0.15, 0.2) is 48.7 Å². The van der Waals surface area contributed by atoms with Crippen molar-refractivity contribution in [3.63, 3.8) is 0 Å². The van der Waals surface area contributed by atoms with Gasteiger partial charge in [0.1, 0.15) is 11.8 Å². The van der Waals surface area contributed by atoms with Crippen LogP contribution in [0.2, 0.25) is 0 Å². The lowest BCUT2D eigenvalue weighted by Gasteiger charge is -2.14. The summed E-state index contributed by atoms with van der Waals surface area (Å²) in [6.07, 6.45) is 1.50. The second-order valence-electron chi connectivity index (χ2n) is 5.08. The predicted octanol–water partition coefficient (Wildman–Crippen LogP) is 2.86. The predicted molar refractivity (Wildman–Crippen MR) is 82.4 cm³/mol. The minimum atomic E-state index is -0.654. The number of nitrogens with zero attached hydrogens (tertiary/aromatic N) is 2. The van der Waals surface area contributed by atoms with Gasteiger partial charge < -0.3 is 9.84 Å². The number of fused-ring (bicyclic) bond motifs is 1. The summed E-state index contributed by atoms with van der Waals surface area (Å²) in [5.41, 5.74) is 1.81. The van der Waals surface area contributed by atoms with E-state index < -0.39 is 6.10 Å². The van der Waals surface area contributed by atoms with E-state index in [1.165, 1.54) is 10.8 Å². The third-order valence-electron chi connectivity index (χ3n) is 3.78. The molecule has 2 aromatic carbocycles. The number of methoxy groups -OCH3 is 1. The van der Waals surface area contributed by atoms with Crippen LogP contribution in [0.4, 0.5) is 0 Å². The Bertz CT molecular complexity index is 759. The van der Waals surface area contributed by atoms with E-state index in [2.05, 4.69) is 23.3 Å². The molecular weight excluding hydrogens is 264 g/mol. The third-order valence-corrected chi connectivity index (χ3v) is 3.78. The van der Waals surface area contributed by atoms with Crippen molar-refractivity contribution in [2.24, 2.45) is 7.05 Å². The van der Waals surface area contributed by atoms with Crippen LogP contribution < -0.4 is 4.74 Å². The van der Waals surface area contributed by atoms with Crippen molar-refractivity contribution in [1.82, 2.24) is 9.78 Å². The van der Waals surface area contributed by atoms with Crippen molar-refractivity contribution in [3.8, 4) is 5.75 Å². The zero-order chi connectivity index (χ0) is 14.8. The van der Waals surface area contributed by atoms with Crippen molar-refractivity contribution in [2.45, 2.75) is 12.5 Å². The van der Waals surface area contributed by atoms with Crippen molar-refractivity contribution >= 4 is 10.8 Å². The summed E-state index contributed by atoms with van der Waals surface area (Å²) < 4.78 is 6.93. The molecule has 0 radical (unpaired) electrons. The average molecular weight is 282 g/mol. The van der Waals surface area contributed by atoms with Crippen LogP contribution in [0.1, 0.15) is 17.4 Å². The molecule has 0 fully saturated rings. The van der Waals surface area contributed by atoms with Crippen LogP contribution >= 0.6 is 0 Å². The summed E-state index contributed by atoms with van der Waals surface area (Å²) in [5, 5.41) is 17.1. The first-order valence-electron chi connectivity index (χ1n) is 6.91. The van der Waals surface area contributed by atoms with Crippen LogP contribution in [-0.2, 0) is 13.5 Å². The first kappa shape index (κ1) is 13.6. The number of rotatable bonds is 4. The van der Waals surface area contributed by atoms with Gasteiger partial charge in [-0.3, -0.25) is 4.68 Å². The van der Waals surface area contributed by atoms with Gasteiger partial charge in [-0.25, -0.2) is 0 Å². The Morgan fingerprint density at radius 3 is 2.76 bits per heavy atom. The molecule has 4 nitrogen and oxygen atoms in total. The van der Waals surface area contributed by atoms with Gasteiger partial charge in [0.05, 0.1) is 13.3 Å². The zero-order valence-electron chi connectivity index (χ0n) is 12.2. The summed E-state index contributed by atoms with van der Waals surface area (Å²) >= 11 is 0. The fourth-order valence-electron chi connectivity index (χ4n) is 2.74. The van der Waals surface area contributed by atoms with Gasteiger partial charge in [-0.05, 0) is 16.3 Å². The number of ether oxygens (including phenoxy) is 1. The number of aliphatic hydroxyl groups is 1. The monoisotopic (exact) mass is 282 g/mol. The number of hydrogen-bond acceptors (Lipinski definition) is 3. The highest BCUT2D eigenvalue weighted by Gasteiger charge is 2.19. The Hall–Kier alpha value is -2.33. The highest BCUT2D eigenvalue weighted by molar-refractivity contribution is 5.85. The summed E-state index contributed by atoms with van der Waals surface area (Å²) in [5.74, 6) is 0.616. The Kier molecular flexibility index (Phi) is 3.62. The standard InChI is InChI=1S/C17H18N2O2/c1-19-17(16(21-2)11-18-19)15(20)10-13-8-5-7-12-6-3-4-9-14(12)13/h3-9,11,15,20H,10H2,1-2H3. The van der Waals surface area contributed by atoms with Crippen LogP contribution in [0, 0.1) is 0 Å². The van der Waals surface area contributed by atoms with E-state index in [1.807, 2.05) is 31.3 Å². The second-order valence-corrected chi connectivity index (χ2v) is 5.08. The smallest absolute Gasteiger partial charge is 0.162 e. The van der Waals surface area contributed by atoms with Gasteiger partial charge in [-0.2, -0.15) is 5.10 Å². The number of aryl methyl sites for hydroxylation is 1. The van der Waals surface area contributed by atoms with Crippen LogP contribution in [-0.4, -0.2) is 22.0 Å². The Balaban J connectivity index is 1.96. The van der Waals surface area contributed by atoms with Gasteiger partial charge in [0.2, 0.25) is 0 Å². The minimum absolute atomic E-state index is 0.525. The molecule has 3 rings (SSSR count). The fraction of sp³-hybridized carbons (Fsp3) is 0.235. The van der Waals surface area contributed by atoms with Crippen molar-refractivity contribution in [1.29, 1.82) is 0 Å². The summed E-state index contributed by atoms with van der Waals surface area (Å²) in [6.45, 7) is 0. The van der Waals surface area contributed by atoms with Crippen LogP contribution in [0.3, 0.4) is 0 Å².